The Morgan fingerprint density at radius 3 is 2.86 bits per heavy atom. The van der Waals surface area contributed by atoms with Crippen molar-refractivity contribution in [2.45, 2.75) is 19.5 Å². The van der Waals surface area contributed by atoms with Crippen molar-refractivity contribution in [3.63, 3.8) is 0 Å². The van der Waals surface area contributed by atoms with Gasteiger partial charge in [-0.05, 0) is 26.1 Å². The summed E-state index contributed by atoms with van der Waals surface area (Å²) in [5, 5.41) is 12.8. The van der Waals surface area contributed by atoms with E-state index in [1.807, 2.05) is 24.3 Å². The lowest BCUT2D eigenvalue weighted by Gasteiger charge is -2.18. The van der Waals surface area contributed by atoms with Gasteiger partial charge in [-0.2, -0.15) is 4.98 Å². The zero-order valence-electron chi connectivity index (χ0n) is 11.5. The molecule has 0 saturated carbocycles. The molecule has 0 bridgehead atoms. The van der Waals surface area contributed by atoms with E-state index in [0.29, 0.717) is 11.7 Å². The van der Waals surface area contributed by atoms with E-state index >= 15 is 0 Å². The van der Waals surface area contributed by atoms with Crippen LogP contribution in [-0.2, 0) is 11.3 Å². The highest BCUT2D eigenvalue weighted by molar-refractivity contribution is 9.10. The third kappa shape index (κ3) is 4.52. The molecule has 8 heteroatoms. The van der Waals surface area contributed by atoms with Gasteiger partial charge in [0.2, 0.25) is 11.7 Å². The SMILES string of the molecule is CC(C(=O)O)N(C)Cc1nc(-c2cccc(Br)c2)no1.Cl. The first kappa shape index (κ1) is 17.6. The van der Waals surface area contributed by atoms with Crippen LogP contribution in [0.15, 0.2) is 33.3 Å². The van der Waals surface area contributed by atoms with E-state index in [-0.39, 0.29) is 19.0 Å². The first-order chi connectivity index (χ1) is 9.47. The normalized spacial score (nSPS) is 12.0. The summed E-state index contributed by atoms with van der Waals surface area (Å²) in [6, 6.07) is 6.94. The molecule has 1 unspecified atom stereocenters. The van der Waals surface area contributed by atoms with Gasteiger partial charge in [-0.25, -0.2) is 0 Å². The minimum atomic E-state index is -0.890. The fourth-order valence-corrected chi connectivity index (χ4v) is 2.00. The van der Waals surface area contributed by atoms with Crippen LogP contribution in [0.1, 0.15) is 12.8 Å². The van der Waals surface area contributed by atoms with E-state index in [1.165, 1.54) is 0 Å². The molecule has 1 aromatic carbocycles. The standard InChI is InChI=1S/C13H14BrN3O3.ClH/c1-8(13(18)19)17(2)7-11-15-12(16-20-11)9-4-3-5-10(14)6-9;/h3-6,8H,7H2,1-2H3,(H,18,19);1H. The van der Waals surface area contributed by atoms with Gasteiger partial charge in [0.1, 0.15) is 6.04 Å². The summed E-state index contributed by atoms with van der Waals surface area (Å²) in [4.78, 5) is 16.8. The monoisotopic (exact) mass is 375 g/mol. The predicted molar refractivity (Wildman–Crippen MR) is 83.2 cm³/mol. The van der Waals surface area contributed by atoms with Gasteiger partial charge in [-0.15, -0.1) is 12.4 Å². The second-order valence-corrected chi connectivity index (χ2v) is 5.37. The summed E-state index contributed by atoms with van der Waals surface area (Å²) < 4.78 is 6.08. The molecule has 21 heavy (non-hydrogen) atoms. The summed E-state index contributed by atoms with van der Waals surface area (Å²) >= 11 is 3.38. The van der Waals surface area contributed by atoms with Gasteiger partial charge >= 0.3 is 5.97 Å². The first-order valence-electron chi connectivity index (χ1n) is 5.99. The van der Waals surface area contributed by atoms with Crippen LogP contribution in [0.3, 0.4) is 0 Å². The Morgan fingerprint density at radius 1 is 1.52 bits per heavy atom. The van der Waals surface area contributed by atoms with Gasteiger partial charge in [0.25, 0.3) is 0 Å². The fourth-order valence-electron chi connectivity index (χ4n) is 1.60. The van der Waals surface area contributed by atoms with Gasteiger partial charge in [0, 0.05) is 10.0 Å². The Bertz CT molecular complexity index is 620. The van der Waals surface area contributed by atoms with Crippen molar-refractivity contribution in [3.05, 3.63) is 34.6 Å². The number of aromatic nitrogens is 2. The van der Waals surface area contributed by atoms with E-state index in [4.69, 9.17) is 9.63 Å². The number of nitrogens with zero attached hydrogens (tertiary/aromatic N) is 3. The predicted octanol–water partition coefficient (Wildman–Crippen LogP) is 2.83. The number of benzene rings is 1. The number of carboxylic acid groups (broad SMARTS) is 1. The van der Waals surface area contributed by atoms with E-state index < -0.39 is 12.0 Å². The van der Waals surface area contributed by atoms with Gasteiger partial charge in [-0.1, -0.05) is 33.2 Å². The van der Waals surface area contributed by atoms with Crippen molar-refractivity contribution >= 4 is 34.3 Å². The Labute approximate surface area is 136 Å². The van der Waals surface area contributed by atoms with Crippen LogP contribution in [0.2, 0.25) is 0 Å². The molecule has 6 nitrogen and oxygen atoms in total. The Morgan fingerprint density at radius 2 is 2.24 bits per heavy atom. The summed E-state index contributed by atoms with van der Waals surface area (Å²) in [5.74, 6) is -0.0208. The molecule has 0 aliphatic heterocycles. The van der Waals surface area contributed by atoms with E-state index in [1.54, 1.807) is 18.9 Å². The van der Waals surface area contributed by atoms with Gasteiger partial charge < -0.3 is 9.63 Å². The number of rotatable bonds is 5. The molecule has 2 aromatic rings. The molecule has 0 saturated heterocycles. The van der Waals surface area contributed by atoms with Crippen LogP contribution in [0.4, 0.5) is 0 Å². The average Bonchev–Trinajstić information content (AvgIpc) is 2.86. The number of aliphatic carboxylic acids is 1. The quantitative estimate of drug-likeness (QED) is 0.864. The van der Waals surface area contributed by atoms with Crippen LogP contribution in [0.25, 0.3) is 11.4 Å². The Hall–Kier alpha value is -1.44. The molecule has 0 aliphatic carbocycles. The van der Waals surface area contributed by atoms with E-state index in [0.717, 1.165) is 10.0 Å². The molecule has 1 N–H and O–H groups in total. The van der Waals surface area contributed by atoms with Crippen molar-refractivity contribution in [3.8, 4) is 11.4 Å². The highest BCUT2D eigenvalue weighted by atomic mass is 79.9. The zero-order valence-corrected chi connectivity index (χ0v) is 13.9. The van der Waals surface area contributed by atoms with Crippen molar-refractivity contribution in [1.82, 2.24) is 15.0 Å². The minimum absolute atomic E-state index is 0. The average molecular weight is 377 g/mol. The topological polar surface area (TPSA) is 79.5 Å². The van der Waals surface area contributed by atoms with Crippen molar-refractivity contribution in [2.75, 3.05) is 7.05 Å². The number of carboxylic acids is 1. The molecule has 0 amide bonds. The number of likely N-dealkylation sites (N-methyl/N-ethyl adjacent to an activating group) is 1. The number of hydrogen-bond acceptors (Lipinski definition) is 5. The van der Waals surface area contributed by atoms with E-state index in [2.05, 4.69) is 26.1 Å². The van der Waals surface area contributed by atoms with Crippen LogP contribution >= 0.6 is 28.3 Å². The molecule has 1 atom stereocenters. The molecule has 114 valence electrons. The molecule has 1 aromatic heterocycles. The minimum Gasteiger partial charge on any atom is -0.480 e. The van der Waals surface area contributed by atoms with Crippen LogP contribution in [-0.4, -0.2) is 39.2 Å². The summed E-state index contributed by atoms with van der Waals surface area (Å²) in [6.07, 6.45) is 0. The third-order valence-electron chi connectivity index (χ3n) is 2.95. The zero-order chi connectivity index (χ0) is 14.7. The lowest BCUT2D eigenvalue weighted by molar-refractivity contribution is -0.142. The van der Waals surface area contributed by atoms with Gasteiger partial charge in [-0.3, -0.25) is 9.69 Å². The third-order valence-corrected chi connectivity index (χ3v) is 3.45. The van der Waals surface area contributed by atoms with Crippen LogP contribution in [0, 0.1) is 0 Å². The lowest BCUT2D eigenvalue weighted by Crippen LogP contribution is -2.35. The maximum atomic E-state index is 10.9. The second-order valence-electron chi connectivity index (χ2n) is 4.45. The molecular weight excluding hydrogens is 362 g/mol. The van der Waals surface area contributed by atoms with Gasteiger partial charge in [0.15, 0.2) is 0 Å². The first-order valence-corrected chi connectivity index (χ1v) is 6.78. The molecule has 2 rings (SSSR count). The van der Waals surface area contributed by atoms with Crippen LogP contribution < -0.4 is 0 Å². The molecular formula is C13H15BrClN3O3. The van der Waals surface area contributed by atoms with Crippen LogP contribution in [0.5, 0.6) is 0 Å². The molecule has 0 aliphatic rings. The largest absolute Gasteiger partial charge is 0.480 e. The molecule has 0 spiro atoms. The smallest absolute Gasteiger partial charge is 0.320 e. The lowest BCUT2D eigenvalue weighted by atomic mass is 10.2. The molecule has 1 heterocycles. The summed E-state index contributed by atoms with van der Waals surface area (Å²) in [7, 11) is 1.70. The van der Waals surface area contributed by atoms with Gasteiger partial charge in [0.05, 0.1) is 6.54 Å². The Kier molecular flexibility index (Phi) is 6.32. The number of halogens is 2. The Balaban J connectivity index is 0.00000220. The van der Waals surface area contributed by atoms with Crippen molar-refractivity contribution in [1.29, 1.82) is 0 Å². The number of hydrogen-bond donors (Lipinski definition) is 1. The molecule has 0 radical (unpaired) electrons. The molecule has 0 fully saturated rings. The second kappa shape index (κ2) is 7.53. The maximum Gasteiger partial charge on any atom is 0.320 e. The number of carbonyl (C=O) groups is 1. The highest BCUT2D eigenvalue weighted by Gasteiger charge is 2.19. The highest BCUT2D eigenvalue weighted by Crippen LogP contribution is 2.20. The van der Waals surface area contributed by atoms with Crippen molar-refractivity contribution < 1.29 is 14.4 Å². The maximum absolute atomic E-state index is 10.9. The van der Waals surface area contributed by atoms with Crippen molar-refractivity contribution in [2.24, 2.45) is 0 Å². The fraction of sp³-hybridized carbons (Fsp3) is 0.308. The summed E-state index contributed by atoms with van der Waals surface area (Å²) in [6.45, 7) is 1.89. The van der Waals surface area contributed by atoms with E-state index in [9.17, 15) is 4.79 Å². The summed E-state index contributed by atoms with van der Waals surface area (Å²) in [5.41, 5.74) is 0.836.